The zero-order chi connectivity index (χ0) is 11.0. The first-order valence-electron chi connectivity index (χ1n) is 5.74. The molecular formula is C12H25NO. The van der Waals surface area contributed by atoms with Crippen LogP contribution in [0, 0.1) is 5.41 Å². The molecule has 0 bridgehead atoms. The lowest BCUT2D eigenvalue weighted by atomic mass is 9.62. The van der Waals surface area contributed by atoms with Crippen molar-refractivity contribution in [2.24, 2.45) is 11.1 Å². The van der Waals surface area contributed by atoms with Gasteiger partial charge in [0.05, 0.1) is 5.60 Å². The molecule has 84 valence electrons. The number of nitrogens with two attached hydrogens (primary N) is 1. The molecule has 0 spiro atoms. The normalized spacial score (nSPS) is 36.4. The third-order valence-corrected chi connectivity index (χ3v) is 4.01. The fraction of sp³-hybridized carbons (Fsp3) is 1.00. The minimum absolute atomic E-state index is 0.239. The minimum atomic E-state index is -0.663. The van der Waals surface area contributed by atoms with Crippen molar-refractivity contribution in [3.63, 3.8) is 0 Å². The zero-order valence-corrected chi connectivity index (χ0v) is 10.1. The Morgan fingerprint density at radius 3 is 2.36 bits per heavy atom. The molecule has 0 radical (unpaired) electrons. The minimum Gasteiger partial charge on any atom is -0.388 e. The summed E-state index contributed by atoms with van der Waals surface area (Å²) >= 11 is 0. The molecular weight excluding hydrogens is 174 g/mol. The van der Waals surface area contributed by atoms with Gasteiger partial charge in [0.1, 0.15) is 0 Å². The lowest BCUT2D eigenvalue weighted by Crippen LogP contribution is -2.61. The Morgan fingerprint density at radius 2 is 1.93 bits per heavy atom. The van der Waals surface area contributed by atoms with Gasteiger partial charge >= 0.3 is 0 Å². The van der Waals surface area contributed by atoms with E-state index < -0.39 is 11.1 Å². The van der Waals surface area contributed by atoms with E-state index in [1.54, 1.807) is 0 Å². The van der Waals surface area contributed by atoms with Gasteiger partial charge in [-0.3, -0.25) is 0 Å². The van der Waals surface area contributed by atoms with Crippen molar-refractivity contribution in [3.8, 4) is 0 Å². The Morgan fingerprint density at radius 1 is 1.36 bits per heavy atom. The summed E-state index contributed by atoms with van der Waals surface area (Å²) in [6, 6.07) is 0. The number of rotatable bonds is 2. The van der Waals surface area contributed by atoms with E-state index in [1.165, 1.54) is 6.42 Å². The first-order chi connectivity index (χ1) is 6.22. The molecule has 2 atom stereocenters. The Labute approximate surface area is 87.9 Å². The van der Waals surface area contributed by atoms with Gasteiger partial charge < -0.3 is 10.8 Å². The second-order valence-corrected chi connectivity index (χ2v) is 6.00. The molecule has 0 heterocycles. The van der Waals surface area contributed by atoms with Gasteiger partial charge in [0.25, 0.3) is 0 Å². The lowest BCUT2D eigenvalue weighted by Gasteiger charge is -2.49. The summed E-state index contributed by atoms with van der Waals surface area (Å²) in [5.74, 6) is 0. The largest absolute Gasteiger partial charge is 0.388 e. The fourth-order valence-electron chi connectivity index (χ4n) is 2.64. The van der Waals surface area contributed by atoms with Gasteiger partial charge in [-0.15, -0.1) is 0 Å². The first-order valence-corrected chi connectivity index (χ1v) is 5.74. The summed E-state index contributed by atoms with van der Waals surface area (Å²) in [6.45, 7) is 8.49. The van der Waals surface area contributed by atoms with E-state index in [-0.39, 0.29) is 5.41 Å². The van der Waals surface area contributed by atoms with Crippen LogP contribution >= 0.6 is 0 Å². The van der Waals surface area contributed by atoms with Crippen LogP contribution in [0.3, 0.4) is 0 Å². The van der Waals surface area contributed by atoms with Gasteiger partial charge in [-0.05, 0) is 44.4 Å². The van der Waals surface area contributed by atoms with Crippen LogP contribution in [0.25, 0.3) is 0 Å². The molecule has 1 fully saturated rings. The number of hydrogen-bond acceptors (Lipinski definition) is 2. The highest BCUT2D eigenvalue weighted by molar-refractivity contribution is 5.04. The Hall–Kier alpha value is -0.0800. The smallest absolute Gasteiger partial charge is 0.0828 e. The molecule has 1 rings (SSSR count). The van der Waals surface area contributed by atoms with Crippen LogP contribution in [0.15, 0.2) is 0 Å². The molecule has 1 aliphatic rings. The van der Waals surface area contributed by atoms with Crippen LogP contribution in [0.4, 0.5) is 0 Å². The zero-order valence-electron chi connectivity index (χ0n) is 10.1. The number of hydrogen-bond donors (Lipinski definition) is 2. The predicted molar refractivity (Wildman–Crippen MR) is 60.1 cm³/mol. The molecule has 0 aromatic carbocycles. The SMILES string of the molecule is CCC(C)(N)C1(O)CCCC(C)(C)C1. The van der Waals surface area contributed by atoms with Crippen molar-refractivity contribution < 1.29 is 5.11 Å². The molecule has 1 saturated carbocycles. The van der Waals surface area contributed by atoms with Crippen LogP contribution in [0.1, 0.15) is 59.8 Å². The van der Waals surface area contributed by atoms with E-state index in [9.17, 15) is 5.11 Å². The molecule has 0 aromatic heterocycles. The molecule has 2 nitrogen and oxygen atoms in total. The van der Waals surface area contributed by atoms with Gasteiger partial charge in [0, 0.05) is 5.54 Å². The van der Waals surface area contributed by atoms with Crippen LogP contribution in [-0.4, -0.2) is 16.2 Å². The number of aliphatic hydroxyl groups is 1. The molecule has 0 aromatic rings. The molecule has 0 aliphatic heterocycles. The average molecular weight is 199 g/mol. The van der Waals surface area contributed by atoms with Crippen molar-refractivity contribution in [1.82, 2.24) is 0 Å². The first kappa shape index (κ1) is 12.0. The maximum atomic E-state index is 10.6. The fourth-order valence-corrected chi connectivity index (χ4v) is 2.64. The van der Waals surface area contributed by atoms with Crippen molar-refractivity contribution in [1.29, 1.82) is 0 Å². The summed E-state index contributed by atoms with van der Waals surface area (Å²) in [7, 11) is 0. The molecule has 1 aliphatic carbocycles. The molecule has 2 heteroatoms. The second-order valence-electron chi connectivity index (χ2n) is 6.00. The van der Waals surface area contributed by atoms with Gasteiger partial charge in [-0.1, -0.05) is 20.8 Å². The Balaban J connectivity index is 2.84. The molecule has 2 unspecified atom stereocenters. The van der Waals surface area contributed by atoms with E-state index in [4.69, 9.17) is 5.73 Å². The Bertz CT molecular complexity index is 210. The summed E-state index contributed by atoms with van der Waals surface area (Å²) in [4.78, 5) is 0. The highest BCUT2D eigenvalue weighted by atomic mass is 16.3. The van der Waals surface area contributed by atoms with E-state index >= 15 is 0 Å². The second kappa shape index (κ2) is 3.49. The third kappa shape index (κ3) is 2.12. The Kier molecular flexibility index (Phi) is 2.99. The van der Waals surface area contributed by atoms with Crippen LogP contribution in [-0.2, 0) is 0 Å². The molecule has 0 amide bonds. The van der Waals surface area contributed by atoms with E-state index in [0.717, 1.165) is 25.7 Å². The van der Waals surface area contributed by atoms with Crippen molar-refractivity contribution in [3.05, 3.63) is 0 Å². The summed E-state index contributed by atoms with van der Waals surface area (Å²) in [5, 5.41) is 10.6. The molecule has 3 N–H and O–H groups in total. The standard InChI is InChI=1S/C12H25NO/c1-5-11(4,13)12(14)8-6-7-10(2,3)9-12/h14H,5-9,13H2,1-4H3. The predicted octanol–water partition coefficient (Wildman–Crippen LogP) is 2.45. The highest BCUT2D eigenvalue weighted by Crippen LogP contribution is 2.45. The molecule has 0 saturated heterocycles. The maximum Gasteiger partial charge on any atom is 0.0828 e. The van der Waals surface area contributed by atoms with Crippen LogP contribution in [0.2, 0.25) is 0 Å². The van der Waals surface area contributed by atoms with Crippen molar-refractivity contribution in [2.45, 2.75) is 70.9 Å². The van der Waals surface area contributed by atoms with E-state index in [0.29, 0.717) is 0 Å². The van der Waals surface area contributed by atoms with Crippen LogP contribution in [0.5, 0.6) is 0 Å². The summed E-state index contributed by atoms with van der Waals surface area (Å²) < 4.78 is 0. The van der Waals surface area contributed by atoms with Gasteiger partial charge in [0.2, 0.25) is 0 Å². The highest BCUT2D eigenvalue weighted by Gasteiger charge is 2.48. The van der Waals surface area contributed by atoms with Crippen molar-refractivity contribution >= 4 is 0 Å². The van der Waals surface area contributed by atoms with E-state index in [2.05, 4.69) is 20.8 Å². The van der Waals surface area contributed by atoms with Gasteiger partial charge in [0.15, 0.2) is 0 Å². The van der Waals surface area contributed by atoms with Crippen molar-refractivity contribution in [2.75, 3.05) is 0 Å². The monoisotopic (exact) mass is 199 g/mol. The maximum absolute atomic E-state index is 10.6. The quantitative estimate of drug-likeness (QED) is 0.717. The molecule has 14 heavy (non-hydrogen) atoms. The van der Waals surface area contributed by atoms with Crippen LogP contribution < -0.4 is 5.73 Å². The average Bonchev–Trinajstić information content (AvgIpc) is 2.01. The third-order valence-electron chi connectivity index (χ3n) is 4.01. The van der Waals surface area contributed by atoms with E-state index in [1.807, 2.05) is 6.92 Å². The summed E-state index contributed by atoms with van der Waals surface area (Å²) in [5.41, 5.74) is 5.33. The lowest BCUT2D eigenvalue weighted by molar-refractivity contribution is -0.0914. The van der Waals surface area contributed by atoms with Gasteiger partial charge in [-0.25, -0.2) is 0 Å². The van der Waals surface area contributed by atoms with Gasteiger partial charge in [-0.2, -0.15) is 0 Å². The topological polar surface area (TPSA) is 46.2 Å². The summed E-state index contributed by atoms with van der Waals surface area (Å²) in [6.07, 6.45) is 4.82.